The van der Waals surface area contributed by atoms with E-state index in [1.807, 2.05) is 38.1 Å². The first-order chi connectivity index (χ1) is 12.4. The van der Waals surface area contributed by atoms with Gasteiger partial charge in [0.1, 0.15) is 5.69 Å². The minimum absolute atomic E-state index is 0.0381. The molecule has 0 heterocycles. The Balaban J connectivity index is 2.11. The number of nitrogens with one attached hydrogen (secondary N) is 2. The number of nitro benzene ring substituents is 1. The van der Waals surface area contributed by atoms with E-state index in [4.69, 9.17) is 11.6 Å². The molecule has 1 amide bonds. The van der Waals surface area contributed by atoms with Gasteiger partial charge in [0.25, 0.3) is 5.69 Å². The van der Waals surface area contributed by atoms with Gasteiger partial charge in [0, 0.05) is 16.6 Å². The Morgan fingerprint density at radius 3 is 2.31 bits per heavy atom. The van der Waals surface area contributed by atoms with E-state index in [0.29, 0.717) is 5.02 Å². The number of nitrogens with zero attached hydrogens (tertiary/aromatic N) is 1. The first-order valence-electron chi connectivity index (χ1n) is 8.46. The maximum absolute atomic E-state index is 12.3. The second-order valence-corrected chi connectivity index (χ2v) is 6.41. The Kier molecular flexibility index (Phi) is 6.71. The lowest BCUT2D eigenvalue weighted by Crippen LogP contribution is -2.45. The quantitative estimate of drug-likeness (QED) is 0.525. The molecule has 0 fully saturated rings. The van der Waals surface area contributed by atoms with Crippen LogP contribution in [0.1, 0.15) is 32.3 Å². The van der Waals surface area contributed by atoms with Crippen LogP contribution >= 0.6 is 11.6 Å². The number of nitro groups is 1. The standard InChI is InChI=1S/C19H22ClN3O3/c1-3-19(4-2,14-9-11-15(20)12-10-14)21-13-18(24)22-16-7-5-6-8-17(16)23(25)26/h5-12,21H,3-4,13H2,1-2H3,(H,22,24). The number of benzene rings is 2. The summed E-state index contributed by atoms with van der Waals surface area (Å²) in [4.78, 5) is 22.9. The molecule has 26 heavy (non-hydrogen) atoms. The van der Waals surface area contributed by atoms with Crippen molar-refractivity contribution in [2.24, 2.45) is 0 Å². The number of hydrogen-bond donors (Lipinski definition) is 2. The summed E-state index contributed by atoms with van der Waals surface area (Å²) in [7, 11) is 0. The molecule has 0 aliphatic heterocycles. The van der Waals surface area contributed by atoms with Crippen LogP contribution in [0.4, 0.5) is 11.4 Å². The first kappa shape index (κ1) is 19.9. The van der Waals surface area contributed by atoms with Crippen LogP contribution in [0.3, 0.4) is 0 Å². The monoisotopic (exact) mass is 375 g/mol. The highest BCUT2D eigenvalue weighted by Gasteiger charge is 2.28. The van der Waals surface area contributed by atoms with Crippen LogP contribution in [0.2, 0.25) is 5.02 Å². The van der Waals surface area contributed by atoms with E-state index in [-0.39, 0.29) is 29.4 Å². The molecule has 7 heteroatoms. The van der Waals surface area contributed by atoms with E-state index in [1.165, 1.54) is 12.1 Å². The lowest BCUT2D eigenvalue weighted by atomic mass is 9.84. The average molecular weight is 376 g/mol. The van der Waals surface area contributed by atoms with Crippen molar-refractivity contribution in [2.45, 2.75) is 32.2 Å². The second kappa shape index (κ2) is 8.78. The number of carbonyl (C=O) groups is 1. The second-order valence-electron chi connectivity index (χ2n) is 5.97. The van der Waals surface area contributed by atoms with Crippen molar-refractivity contribution in [1.82, 2.24) is 5.32 Å². The van der Waals surface area contributed by atoms with Crippen molar-refractivity contribution in [2.75, 3.05) is 11.9 Å². The highest BCUT2D eigenvalue weighted by molar-refractivity contribution is 6.30. The van der Waals surface area contributed by atoms with E-state index in [0.717, 1.165) is 18.4 Å². The number of para-hydroxylation sites is 2. The number of carbonyl (C=O) groups excluding carboxylic acids is 1. The van der Waals surface area contributed by atoms with Crippen LogP contribution in [0.5, 0.6) is 0 Å². The zero-order valence-electron chi connectivity index (χ0n) is 14.8. The molecule has 0 spiro atoms. The largest absolute Gasteiger partial charge is 0.319 e. The highest BCUT2D eigenvalue weighted by atomic mass is 35.5. The molecule has 2 aromatic carbocycles. The van der Waals surface area contributed by atoms with Gasteiger partial charge < -0.3 is 5.32 Å². The van der Waals surface area contributed by atoms with Gasteiger partial charge in [-0.3, -0.25) is 20.2 Å². The molecule has 0 aromatic heterocycles. The maximum Gasteiger partial charge on any atom is 0.292 e. The lowest BCUT2D eigenvalue weighted by Gasteiger charge is -2.33. The molecule has 0 atom stereocenters. The number of halogens is 1. The zero-order chi connectivity index (χ0) is 19.2. The van der Waals surface area contributed by atoms with Gasteiger partial charge in [0.05, 0.1) is 11.5 Å². The van der Waals surface area contributed by atoms with Crippen LogP contribution in [-0.4, -0.2) is 17.4 Å². The molecule has 0 bridgehead atoms. The van der Waals surface area contributed by atoms with E-state index in [2.05, 4.69) is 10.6 Å². The Labute approximate surface area is 157 Å². The molecule has 0 saturated heterocycles. The zero-order valence-corrected chi connectivity index (χ0v) is 15.5. The normalized spacial score (nSPS) is 11.2. The molecule has 0 aliphatic rings. The first-order valence-corrected chi connectivity index (χ1v) is 8.84. The maximum atomic E-state index is 12.3. The third-order valence-electron chi connectivity index (χ3n) is 4.57. The Bertz CT molecular complexity index is 774. The van der Waals surface area contributed by atoms with Crippen molar-refractivity contribution in [3.63, 3.8) is 0 Å². The summed E-state index contributed by atoms with van der Waals surface area (Å²) in [5.41, 5.74) is 0.737. The highest BCUT2D eigenvalue weighted by Crippen LogP contribution is 2.29. The number of hydrogen-bond acceptors (Lipinski definition) is 4. The van der Waals surface area contributed by atoms with Gasteiger partial charge in [-0.15, -0.1) is 0 Å². The Hall–Kier alpha value is -2.44. The van der Waals surface area contributed by atoms with Gasteiger partial charge in [-0.1, -0.05) is 49.7 Å². The van der Waals surface area contributed by atoms with E-state index in [1.54, 1.807) is 12.1 Å². The minimum atomic E-state index is -0.515. The average Bonchev–Trinajstić information content (AvgIpc) is 2.64. The smallest absolute Gasteiger partial charge is 0.292 e. The van der Waals surface area contributed by atoms with Gasteiger partial charge in [-0.2, -0.15) is 0 Å². The summed E-state index contributed by atoms with van der Waals surface area (Å²) in [5.74, 6) is -0.334. The topological polar surface area (TPSA) is 84.3 Å². The fourth-order valence-electron chi connectivity index (χ4n) is 2.96. The summed E-state index contributed by atoms with van der Waals surface area (Å²) in [5, 5.41) is 17.6. The lowest BCUT2D eigenvalue weighted by molar-refractivity contribution is -0.383. The molecule has 0 unspecified atom stereocenters. The molecule has 2 aromatic rings. The van der Waals surface area contributed by atoms with Gasteiger partial charge in [-0.05, 0) is 36.6 Å². The van der Waals surface area contributed by atoms with Crippen LogP contribution in [0.25, 0.3) is 0 Å². The molecular weight excluding hydrogens is 354 g/mol. The van der Waals surface area contributed by atoms with Crippen LogP contribution < -0.4 is 10.6 Å². The van der Waals surface area contributed by atoms with Crippen molar-refractivity contribution in [3.05, 3.63) is 69.2 Å². The Morgan fingerprint density at radius 2 is 1.73 bits per heavy atom. The number of rotatable bonds is 8. The van der Waals surface area contributed by atoms with Gasteiger partial charge >= 0.3 is 0 Å². The third kappa shape index (κ3) is 4.59. The van der Waals surface area contributed by atoms with Gasteiger partial charge in [-0.25, -0.2) is 0 Å². The summed E-state index contributed by atoms with van der Waals surface area (Å²) >= 11 is 5.97. The third-order valence-corrected chi connectivity index (χ3v) is 4.82. The molecule has 0 saturated carbocycles. The summed E-state index contributed by atoms with van der Waals surface area (Å²) < 4.78 is 0. The fraction of sp³-hybridized carbons (Fsp3) is 0.316. The Morgan fingerprint density at radius 1 is 1.12 bits per heavy atom. The van der Waals surface area contributed by atoms with Crippen LogP contribution in [-0.2, 0) is 10.3 Å². The van der Waals surface area contributed by atoms with Crippen molar-refractivity contribution < 1.29 is 9.72 Å². The molecule has 2 N–H and O–H groups in total. The summed E-state index contributed by atoms with van der Waals surface area (Å²) in [6, 6.07) is 13.6. The fourth-order valence-corrected chi connectivity index (χ4v) is 3.09. The SMILES string of the molecule is CCC(CC)(NCC(=O)Nc1ccccc1[N+](=O)[O-])c1ccc(Cl)cc1. The van der Waals surface area contributed by atoms with E-state index >= 15 is 0 Å². The molecule has 6 nitrogen and oxygen atoms in total. The van der Waals surface area contributed by atoms with Crippen LogP contribution in [0.15, 0.2) is 48.5 Å². The van der Waals surface area contributed by atoms with E-state index < -0.39 is 4.92 Å². The summed E-state index contributed by atoms with van der Waals surface area (Å²) in [6.07, 6.45) is 1.56. The van der Waals surface area contributed by atoms with Gasteiger partial charge in [0.2, 0.25) is 5.91 Å². The van der Waals surface area contributed by atoms with Crippen molar-refractivity contribution >= 4 is 28.9 Å². The van der Waals surface area contributed by atoms with Crippen molar-refractivity contribution in [1.29, 1.82) is 0 Å². The van der Waals surface area contributed by atoms with Crippen molar-refractivity contribution in [3.8, 4) is 0 Å². The van der Waals surface area contributed by atoms with E-state index in [9.17, 15) is 14.9 Å². The predicted molar refractivity (Wildman–Crippen MR) is 103 cm³/mol. The molecular formula is C19H22ClN3O3. The molecule has 138 valence electrons. The number of anilines is 1. The minimum Gasteiger partial charge on any atom is -0.319 e. The molecule has 2 rings (SSSR count). The summed E-state index contributed by atoms with van der Waals surface area (Å²) in [6.45, 7) is 4.13. The number of amides is 1. The van der Waals surface area contributed by atoms with Gasteiger partial charge in [0.15, 0.2) is 0 Å². The molecule has 0 aliphatic carbocycles. The van der Waals surface area contributed by atoms with Crippen LogP contribution in [0, 0.1) is 10.1 Å². The molecule has 0 radical (unpaired) electrons. The predicted octanol–water partition coefficient (Wildman–Crippen LogP) is 4.49.